The van der Waals surface area contributed by atoms with E-state index in [4.69, 9.17) is 9.47 Å². The number of hydrogen-bond acceptors (Lipinski definition) is 4. The summed E-state index contributed by atoms with van der Waals surface area (Å²) in [5.41, 5.74) is 1.38. The number of fused-ring (bicyclic) bond motifs is 1. The molecule has 1 aliphatic heterocycles. The van der Waals surface area contributed by atoms with Crippen LogP contribution in [0.4, 0.5) is 0 Å². The first-order valence-corrected chi connectivity index (χ1v) is 4.49. The number of H-pyrrole nitrogens is 1. The third kappa shape index (κ3) is 1.69. The number of ether oxygens (including phenoxy) is 2. The van der Waals surface area contributed by atoms with Crippen LogP contribution in [-0.2, 0) is 29.1 Å². The maximum Gasteiger partial charge on any atom is 0.256 e. The molecule has 0 saturated carbocycles. The Morgan fingerprint density at radius 1 is 1.64 bits per heavy atom. The second-order valence-electron chi connectivity index (χ2n) is 3.17. The molecule has 0 unspecified atom stereocenters. The fraction of sp³-hybridized carbons (Fsp3) is 0.556. The monoisotopic (exact) mass is 196 g/mol. The number of aromatic nitrogens is 2. The van der Waals surface area contributed by atoms with Crippen LogP contribution in [0.5, 0.6) is 0 Å². The van der Waals surface area contributed by atoms with Crippen molar-refractivity contribution in [2.24, 2.45) is 0 Å². The molecule has 0 amide bonds. The molecule has 0 spiro atoms. The van der Waals surface area contributed by atoms with Crippen LogP contribution in [-0.4, -0.2) is 23.7 Å². The summed E-state index contributed by atoms with van der Waals surface area (Å²) < 4.78 is 10.1. The topological polar surface area (TPSA) is 64.2 Å². The fourth-order valence-corrected chi connectivity index (χ4v) is 1.50. The van der Waals surface area contributed by atoms with Gasteiger partial charge >= 0.3 is 0 Å². The molecular formula is C9H12N2O3. The highest BCUT2D eigenvalue weighted by atomic mass is 16.5. The van der Waals surface area contributed by atoms with Crippen molar-refractivity contribution in [1.29, 1.82) is 0 Å². The van der Waals surface area contributed by atoms with Gasteiger partial charge < -0.3 is 14.5 Å². The van der Waals surface area contributed by atoms with Gasteiger partial charge in [-0.05, 0) is 0 Å². The van der Waals surface area contributed by atoms with E-state index in [-0.39, 0.29) is 5.56 Å². The zero-order chi connectivity index (χ0) is 9.97. The molecule has 1 aromatic heterocycles. The number of methoxy groups -OCH3 is 1. The highest BCUT2D eigenvalue weighted by Gasteiger charge is 2.15. The van der Waals surface area contributed by atoms with E-state index in [9.17, 15) is 4.79 Å². The van der Waals surface area contributed by atoms with E-state index >= 15 is 0 Å². The number of aromatic amines is 1. The Balaban J connectivity index is 2.41. The van der Waals surface area contributed by atoms with Crippen molar-refractivity contribution in [2.45, 2.75) is 19.6 Å². The van der Waals surface area contributed by atoms with E-state index in [1.54, 1.807) is 7.11 Å². The van der Waals surface area contributed by atoms with Gasteiger partial charge in [0.05, 0.1) is 24.5 Å². The van der Waals surface area contributed by atoms with Gasteiger partial charge in [0.2, 0.25) is 0 Å². The molecule has 76 valence electrons. The van der Waals surface area contributed by atoms with Crippen LogP contribution in [0.15, 0.2) is 4.79 Å². The molecule has 0 bridgehead atoms. The first-order chi connectivity index (χ1) is 6.81. The minimum absolute atomic E-state index is 0.109. The Morgan fingerprint density at radius 2 is 2.50 bits per heavy atom. The van der Waals surface area contributed by atoms with E-state index in [2.05, 4.69) is 9.97 Å². The molecule has 2 heterocycles. The number of rotatable bonds is 2. The van der Waals surface area contributed by atoms with E-state index in [1.807, 2.05) is 0 Å². The van der Waals surface area contributed by atoms with Crippen LogP contribution in [0.25, 0.3) is 0 Å². The number of nitrogens with zero attached hydrogens (tertiary/aromatic N) is 1. The van der Waals surface area contributed by atoms with Gasteiger partial charge in [-0.2, -0.15) is 0 Å². The van der Waals surface area contributed by atoms with Gasteiger partial charge in [0.1, 0.15) is 12.4 Å². The van der Waals surface area contributed by atoms with Crippen LogP contribution in [0, 0.1) is 0 Å². The van der Waals surface area contributed by atoms with Crippen molar-refractivity contribution < 1.29 is 9.47 Å². The second kappa shape index (κ2) is 3.89. The molecule has 5 nitrogen and oxygen atoms in total. The largest absolute Gasteiger partial charge is 0.377 e. The van der Waals surface area contributed by atoms with Crippen molar-refractivity contribution in [3.05, 3.63) is 27.4 Å². The first-order valence-electron chi connectivity index (χ1n) is 4.49. The predicted octanol–water partition coefficient (Wildman–Crippen LogP) is -0.0110. The van der Waals surface area contributed by atoms with Gasteiger partial charge in [-0.15, -0.1) is 0 Å². The van der Waals surface area contributed by atoms with Gasteiger partial charge in [0, 0.05) is 13.5 Å². The summed E-state index contributed by atoms with van der Waals surface area (Å²) in [6.07, 6.45) is 0.704. The lowest BCUT2D eigenvalue weighted by atomic mass is 10.1. The van der Waals surface area contributed by atoms with E-state index in [1.165, 1.54) is 0 Å². The van der Waals surface area contributed by atoms with Crippen molar-refractivity contribution in [1.82, 2.24) is 9.97 Å². The molecule has 1 N–H and O–H groups in total. The molecular weight excluding hydrogens is 184 g/mol. The van der Waals surface area contributed by atoms with E-state index in [0.29, 0.717) is 37.6 Å². The molecule has 0 atom stereocenters. The van der Waals surface area contributed by atoms with Gasteiger partial charge in [0.25, 0.3) is 5.56 Å². The Kier molecular flexibility index (Phi) is 2.60. The van der Waals surface area contributed by atoms with Crippen LogP contribution in [0.3, 0.4) is 0 Å². The van der Waals surface area contributed by atoms with Crippen LogP contribution < -0.4 is 5.56 Å². The molecule has 0 fully saturated rings. The molecule has 0 aromatic carbocycles. The summed E-state index contributed by atoms with van der Waals surface area (Å²) >= 11 is 0. The fourth-order valence-electron chi connectivity index (χ4n) is 1.50. The normalized spacial score (nSPS) is 15.2. The smallest absolute Gasteiger partial charge is 0.256 e. The maximum atomic E-state index is 11.5. The molecule has 14 heavy (non-hydrogen) atoms. The number of nitrogens with one attached hydrogen (secondary N) is 1. The van der Waals surface area contributed by atoms with E-state index < -0.39 is 0 Å². The molecule has 0 saturated heterocycles. The van der Waals surface area contributed by atoms with Crippen molar-refractivity contribution >= 4 is 0 Å². The molecule has 0 aliphatic carbocycles. The lowest BCUT2D eigenvalue weighted by Crippen LogP contribution is -2.25. The van der Waals surface area contributed by atoms with Crippen molar-refractivity contribution in [3.8, 4) is 0 Å². The average molecular weight is 196 g/mol. The van der Waals surface area contributed by atoms with Gasteiger partial charge in [-0.3, -0.25) is 4.79 Å². The first kappa shape index (κ1) is 9.36. The maximum absolute atomic E-state index is 11.5. The van der Waals surface area contributed by atoms with Gasteiger partial charge in [-0.1, -0.05) is 0 Å². The Labute approximate surface area is 81.1 Å². The molecule has 5 heteroatoms. The Bertz CT molecular complexity index is 386. The second-order valence-corrected chi connectivity index (χ2v) is 3.17. The predicted molar refractivity (Wildman–Crippen MR) is 48.9 cm³/mol. The average Bonchev–Trinajstić information content (AvgIpc) is 2.18. The summed E-state index contributed by atoms with van der Waals surface area (Å²) in [6.45, 7) is 1.34. The lowest BCUT2D eigenvalue weighted by Gasteiger charge is -2.14. The zero-order valence-electron chi connectivity index (χ0n) is 8.00. The summed E-state index contributed by atoms with van der Waals surface area (Å²) in [5, 5.41) is 0. The SMILES string of the molecule is COCc1nc2c(c(=O)[nH]1)COCC2. The molecule has 1 aromatic rings. The summed E-state index contributed by atoms with van der Waals surface area (Å²) in [4.78, 5) is 18.5. The third-order valence-corrected chi connectivity index (χ3v) is 2.16. The summed E-state index contributed by atoms with van der Waals surface area (Å²) in [7, 11) is 1.57. The molecule has 0 radical (unpaired) electrons. The van der Waals surface area contributed by atoms with Crippen LogP contribution >= 0.6 is 0 Å². The van der Waals surface area contributed by atoms with Crippen molar-refractivity contribution in [2.75, 3.05) is 13.7 Å². The van der Waals surface area contributed by atoms with Crippen LogP contribution in [0.1, 0.15) is 17.1 Å². The highest BCUT2D eigenvalue weighted by molar-refractivity contribution is 5.18. The quantitative estimate of drug-likeness (QED) is 0.722. The van der Waals surface area contributed by atoms with Gasteiger partial charge in [0.15, 0.2) is 0 Å². The minimum Gasteiger partial charge on any atom is -0.377 e. The standard InChI is InChI=1S/C9H12N2O3/c1-13-5-8-10-7-2-3-14-4-6(7)9(12)11-8/h2-5H2,1H3,(H,10,11,12). The molecule has 1 aliphatic rings. The third-order valence-electron chi connectivity index (χ3n) is 2.16. The Morgan fingerprint density at radius 3 is 3.29 bits per heavy atom. The van der Waals surface area contributed by atoms with Crippen molar-refractivity contribution in [3.63, 3.8) is 0 Å². The highest BCUT2D eigenvalue weighted by Crippen LogP contribution is 2.09. The van der Waals surface area contributed by atoms with Gasteiger partial charge in [-0.25, -0.2) is 4.98 Å². The summed E-state index contributed by atoms with van der Waals surface area (Å²) in [6, 6.07) is 0. The minimum atomic E-state index is -0.109. The number of hydrogen-bond donors (Lipinski definition) is 1. The molecule has 2 rings (SSSR count). The summed E-state index contributed by atoms with van der Waals surface area (Å²) in [5.74, 6) is 0.582. The van der Waals surface area contributed by atoms with Crippen LogP contribution in [0.2, 0.25) is 0 Å². The lowest BCUT2D eigenvalue weighted by molar-refractivity contribution is 0.107. The zero-order valence-corrected chi connectivity index (χ0v) is 8.00. The van der Waals surface area contributed by atoms with E-state index in [0.717, 1.165) is 5.69 Å². The Hall–Kier alpha value is -1.20.